The molecule has 2 aromatic carbocycles. The predicted molar refractivity (Wildman–Crippen MR) is 135 cm³/mol. The summed E-state index contributed by atoms with van der Waals surface area (Å²) in [5.41, 5.74) is 2.93. The van der Waals surface area contributed by atoms with Gasteiger partial charge in [0.2, 0.25) is 0 Å². The minimum absolute atomic E-state index is 0.0465. The minimum atomic E-state index is -0.475. The fourth-order valence-corrected chi connectivity index (χ4v) is 3.95. The standard InChI is InChI=1S/C26H23N5O4/c1-3-7-20-19(4-2)27-23(25(32)29-20)14-17(16-10-12-18(13-11-16)31(34)35)15-24-26(33)30-22-9-6-5-8-21(22)28-24/h3-13,17H,2,14-15H2,1H3,(H,29,32)(H,30,33)/b7-3-. The van der Waals surface area contributed by atoms with Crippen LogP contribution in [0, 0.1) is 10.1 Å². The van der Waals surface area contributed by atoms with Crippen LogP contribution in [0.3, 0.4) is 0 Å². The average molecular weight is 470 g/mol. The summed E-state index contributed by atoms with van der Waals surface area (Å²) >= 11 is 0. The van der Waals surface area contributed by atoms with E-state index in [1.54, 1.807) is 42.5 Å². The van der Waals surface area contributed by atoms with Crippen molar-refractivity contribution < 1.29 is 4.92 Å². The van der Waals surface area contributed by atoms with Crippen LogP contribution >= 0.6 is 0 Å². The molecule has 176 valence electrons. The number of aromatic amines is 2. The number of non-ortho nitro benzene ring substituents is 1. The van der Waals surface area contributed by atoms with Gasteiger partial charge in [0.1, 0.15) is 11.4 Å². The van der Waals surface area contributed by atoms with Gasteiger partial charge >= 0.3 is 0 Å². The van der Waals surface area contributed by atoms with E-state index in [2.05, 4.69) is 26.5 Å². The Labute approximate surface area is 200 Å². The summed E-state index contributed by atoms with van der Waals surface area (Å²) in [6.07, 6.45) is 5.49. The summed E-state index contributed by atoms with van der Waals surface area (Å²) in [6, 6.07) is 13.3. The predicted octanol–water partition coefficient (Wildman–Crippen LogP) is 4.16. The second kappa shape index (κ2) is 10.1. The summed E-state index contributed by atoms with van der Waals surface area (Å²) in [5, 5.41) is 11.1. The maximum Gasteiger partial charge on any atom is 0.270 e. The van der Waals surface area contributed by atoms with Gasteiger partial charge in [-0.1, -0.05) is 36.9 Å². The van der Waals surface area contributed by atoms with E-state index < -0.39 is 4.92 Å². The molecular weight excluding hydrogens is 446 g/mol. The first-order valence-electron chi connectivity index (χ1n) is 11.0. The fraction of sp³-hybridized carbons (Fsp3) is 0.154. The SMILES string of the molecule is C=Cc1nc(CC(Cc2nc3ccccc3[nH]c2=O)c2ccc([N+](=O)[O-])cc2)c(=O)[nH]c1/C=C\C. The highest BCUT2D eigenvalue weighted by molar-refractivity contribution is 5.73. The largest absolute Gasteiger partial charge is 0.319 e. The highest BCUT2D eigenvalue weighted by Gasteiger charge is 2.21. The Kier molecular flexibility index (Phi) is 6.77. The molecule has 0 amide bonds. The number of nitrogens with one attached hydrogen (secondary N) is 2. The van der Waals surface area contributed by atoms with Crippen molar-refractivity contribution >= 4 is 28.9 Å². The lowest BCUT2D eigenvalue weighted by Crippen LogP contribution is -2.23. The van der Waals surface area contributed by atoms with E-state index in [1.807, 2.05) is 19.1 Å². The molecule has 9 heteroatoms. The van der Waals surface area contributed by atoms with Crippen LogP contribution < -0.4 is 11.1 Å². The lowest BCUT2D eigenvalue weighted by molar-refractivity contribution is -0.384. The van der Waals surface area contributed by atoms with Crippen molar-refractivity contribution in [3.63, 3.8) is 0 Å². The van der Waals surface area contributed by atoms with Gasteiger partial charge in [-0.2, -0.15) is 0 Å². The molecule has 2 heterocycles. The van der Waals surface area contributed by atoms with Gasteiger partial charge in [-0.3, -0.25) is 19.7 Å². The molecule has 9 nitrogen and oxygen atoms in total. The van der Waals surface area contributed by atoms with Crippen molar-refractivity contribution in [3.8, 4) is 0 Å². The first-order valence-corrected chi connectivity index (χ1v) is 11.0. The molecule has 0 fully saturated rings. The molecule has 4 aromatic rings. The molecule has 35 heavy (non-hydrogen) atoms. The number of nitro groups is 1. The quantitative estimate of drug-likeness (QED) is 0.294. The molecular formula is C26H23N5O4. The van der Waals surface area contributed by atoms with Crippen LogP contribution in [0.15, 0.2) is 70.8 Å². The van der Waals surface area contributed by atoms with Crippen LogP contribution in [-0.2, 0) is 12.8 Å². The minimum Gasteiger partial charge on any atom is -0.319 e. The number of H-pyrrole nitrogens is 2. The highest BCUT2D eigenvalue weighted by atomic mass is 16.6. The van der Waals surface area contributed by atoms with Crippen LogP contribution in [0.4, 0.5) is 5.69 Å². The summed E-state index contributed by atoms with van der Waals surface area (Å²) in [4.78, 5) is 50.9. The van der Waals surface area contributed by atoms with Crippen molar-refractivity contribution in [2.24, 2.45) is 0 Å². The van der Waals surface area contributed by atoms with E-state index >= 15 is 0 Å². The number of rotatable bonds is 8. The lowest BCUT2D eigenvalue weighted by Gasteiger charge is -2.17. The van der Waals surface area contributed by atoms with Gasteiger partial charge in [-0.15, -0.1) is 0 Å². The van der Waals surface area contributed by atoms with Gasteiger partial charge in [0.15, 0.2) is 0 Å². The summed E-state index contributed by atoms with van der Waals surface area (Å²) in [7, 11) is 0. The van der Waals surface area contributed by atoms with E-state index in [4.69, 9.17) is 0 Å². The average Bonchev–Trinajstić information content (AvgIpc) is 2.85. The topological polar surface area (TPSA) is 135 Å². The normalized spacial score (nSPS) is 12.1. The van der Waals surface area contributed by atoms with E-state index in [1.165, 1.54) is 12.1 Å². The lowest BCUT2D eigenvalue weighted by atomic mass is 9.89. The van der Waals surface area contributed by atoms with E-state index in [-0.39, 0.29) is 41.3 Å². The molecule has 0 saturated carbocycles. The molecule has 2 aromatic heterocycles. The van der Waals surface area contributed by atoms with Gasteiger partial charge in [0.25, 0.3) is 16.8 Å². The number of nitro benzene ring substituents is 1. The van der Waals surface area contributed by atoms with Crippen LogP contribution in [0.5, 0.6) is 0 Å². The number of hydrogen-bond acceptors (Lipinski definition) is 6. The van der Waals surface area contributed by atoms with Crippen LogP contribution in [0.2, 0.25) is 0 Å². The van der Waals surface area contributed by atoms with Crippen LogP contribution in [-0.4, -0.2) is 24.9 Å². The molecule has 0 radical (unpaired) electrons. The van der Waals surface area contributed by atoms with Gasteiger partial charge in [-0.05, 0) is 42.7 Å². The highest BCUT2D eigenvalue weighted by Crippen LogP contribution is 2.25. The third kappa shape index (κ3) is 5.14. The molecule has 0 aliphatic heterocycles. The first kappa shape index (κ1) is 23.5. The Bertz CT molecular complexity index is 1550. The molecule has 0 saturated heterocycles. The van der Waals surface area contributed by atoms with Crippen molar-refractivity contribution in [3.05, 3.63) is 120 Å². The number of fused-ring (bicyclic) bond motifs is 1. The van der Waals surface area contributed by atoms with Crippen LogP contribution in [0.1, 0.15) is 41.2 Å². The molecule has 1 atom stereocenters. The van der Waals surface area contributed by atoms with Crippen molar-refractivity contribution in [2.45, 2.75) is 25.7 Å². The number of allylic oxidation sites excluding steroid dienone is 1. The van der Waals surface area contributed by atoms with E-state index in [0.717, 1.165) is 5.56 Å². The molecule has 0 aliphatic rings. The van der Waals surface area contributed by atoms with Crippen molar-refractivity contribution in [2.75, 3.05) is 0 Å². The second-order valence-electron chi connectivity index (χ2n) is 8.00. The van der Waals surface area contributed by atoms with Crippen molar-refractivity contribution in [1.29, 1.82) is 0 Å². The molecule has 4 rings (SSSR count). The number of benzene rings is 2. The Morgan fingerprint density at radius 3 is 2.31 bits per heavy atom. The van der Waals surface area contributed by atoms with Gasteiger partial charge in [0, 0.05) is 25.0 Å². The smallest absolute Gasteiger partial charge is 0.270 e. The van der Waals surface area contributed by atoms with Gasteiger partial charge in [-0.25, -0.2) is 9.97 Å². The third-order valence-electron chi connectivity index (χ3n) is 5.69. The second-order valence-corrected chi connectivity index (χ2v) is 8.00. The van der Waals surface area contributed by atoms with Gasteiger partial charge < -0.3 is 9.97 Å². The maximum absolute atomic E-state index is 12.8. The zero-order valence-electron chi connectivity index (χ0n) is 19.0. The first-order chi connectivity index (χ1) is 16.9. The van der Waals surface area contributed by atoms with Gasteiger partial charge in [0.05, 0.1) is 27.3 Å². The van der Waals surface area contributed by atoms with Crippen LogP contribution in [0.25, 0.3) is 23.2 Å². The Morgan fingerprint density at radius 1 is 1.00 bits per heavy atom. The monoisotopic (exact) mass is 469 g/mol. The number of para-hydroxylation sites is 2. The number of nitrogens with zero attached hydrogens (tertiary/aromatic N) is 3. The molecule has 0 aliphatic carbocycles. The summed E-state index contributed by atoms with van der Waals surface area (Å²) in [6.45, 7) is 5.61. The Balaban J connectivity index is 1.77. The third-order valence-corrected chi connectivity index (χ3v) is 5.69. The Morgan fingerprint density at radius 2 is 1.66 bits per heavy atom. The molecule has 0 bridgehead atoms. The van der Waals surface area contributed by atoms with Crippen molar-refractivity contribution in [1.82, 2.24) is 19.9 Å². The van der Waals surface area contributed by atoms with E-state index in [0.29, 0.717) is 28.1 Å². The van der Waals surface area contributed by atoms with E-state index in [9.17, 15) is 19.7 Å². The molecule has 1 unspecified atom stereocenters. The number of hydrogen-bond donors (Lipinski definition) is 2. The number of aromatic nitrogens is 4. The molecule has 2 N–H and O–H groups in total. The fourth-order valence-electron chi connectivity index (χ4n) is 3.95. The zero-order chi connectivity index (χ0) is 24.9. The summed E-state index contributed by atoms with van der Waals surface area (Å²) in [5.74, 6) is -0.385. The molecule has 0 spiro atoms. The summed E-state index contributed by atoms with van der Waals surface area (Å²) < 4.78 is 0. The maximum atomic E-state index is 12.8. The Hall–Kier alpha value is -4.66. The zero-order valence-corrected chi connectivity index (χ0v) is 19.0.